The van der Waals surface area contributed by atoms with E-state index in [1.807, 2.05) is 12.5 Å². The van der Waals surface area contributed by atoms with Crippen LogP contribution in [0.1, 0.15) is 38.4 Å². The van der Waals surface area contributed by atoms with Crippen molar-refractivity contribution in [2.24, 2.45) is 5.73 Å². The molecule has 20 heavy (non-hydrogen) atoms. The van der Waals surface area contributed by atoms with E-state index in [9.17, 15) is 0 Å². The van der Waals surface area contributed by atoms with Crippen LogP contribution in [0.25, 0.3) is 0 Å². The van der Waals surface area contributed by atoms with E-state index in [1.54, 1.807) is 0 Å². The van der Waals surface area contributed by atoms with Crippen LogP contribution in [0.4, 0.5) is 0 Å². The lowest BCUT2D eigenvalue weighted by atomic mass is 10.1. The number of imidazole rings is 1. The summed E-state index contributed by atoms with van der Waals surface area (Å²) in [5, 5.41) is 0. The lowest BCUT2D eigenvalue weighted by Crippen LogP contribution is -2.39. The molecule has 0 aliphatic heterocycles. The summed E-state index contributed by atoms with van der Waals surface area (Å²) in [7, 11) is 4.23. The summed E-state index contributed by atoms with van der Waals surface area (Å²) in [5.41, 5.74) is 7.32. The van der Waals surface area contributed by atoms with Crippen molar-refractivity contribution >= 4 is 0 Å². The number of rotatable bonds is 10. The number of hydrogen-bond donors (Lipinski definition) is 1. The molecule has 0 spiro atoms. The van der Waals surface area contributed by atoms with Gasteiger partial charge in [-0.1, -0.05) is 13.8 Å². The number of likely N-dealkylation sites (N-methyl/N-ethyl adjacent to an activating group) is 1. The molecular formula is C15H31N5. The Morgan fingerprint density at radius 3 is 2.50 bits per heavy atom. The van der Waals surface area contributed by atoms with Gasteiger partial charge in [0.15, 0.2) is 0 Å². The summed E-state index contributed by atoms with van der Waals surface area (Å²) >= 11 is 0. The molecule has 0 saturated heterocycles. The molecule has 116 valence electrons. The highest BCUT2D eigenvalue weighted by molar-refractivity contribution is 5.06. The van der Waals surface area contributed by atoms with Crippen LogP contribution in [0.15, 0.2) is 12.5 Å². The Kier molecular flexibility index (Phi) is 7.80. The summed E-state index contributed by atoms with van der Waals surface area (Å²) in [6.45, 7) is 9.24. The molecular weight excluding hydrogens is 250 g/mol. The highest BCUT2D eigenvalue weighted by Gasteiger charge is 2.21. The van der Waals surface area contributed by atoms with Gasteiger partial charge in [0.25, 0.3) is 0 Å². The van der Waals surface area contributed by atoms with Crippen LogP contribution in [0, 0.1) is 0 Å². The number of aromatic nitrogens is 2. The smallest absolute Gasteiger partial charge is 0.0948 e. The SMILES string of the molecule is CCCN(CCN(C)C)C(CN)c1cncn1CCC. The van der Waals surface area contributed by atoms with Gasteiger partial charge in [-0.2, -0.15) is 0 Å². The van der Waals surface area contributed by atoms with Crippen LogP contribution in [0.5, 0.6) is 0 Å². The first-order valence-corrected chi connectivity index (χ1v) is 7.72. The van der Waals surface area contributed by atoms with Crippen LogP contribution in [-0.2, 0) is 6.54 Å². The molecule has 0 radical (unpaired) electrons. The largest absolute Gasteiger partial charge is 0.333 e. The van der Waals surface area contributed by atoms with Gasteiger partial charge in [0, 0.05) is 32.4 Å². The van der Waals surface area contributed by atoms with Crippen LogP contribution < -0.4 is 5.73 Å². The first-order valence-electron chi connectivity index (χ1n) is 7.72. The summed E-state index contributed by atoms with van der Waals surface area (Å²) in [4.78, 5) is 9.03. The third-order valence-electron chi connectivity index (χ3n) is 3.56. The summed E-state index contributed by atoms with van der Waals surface area (Å²) in [6.07, 6.45) is 6.17. The van der Waals surface area contributed by atoms with Crippen molar-refractivity contribution < 1.29 is 0 Å². The van der Waals surface area contributed by atoms with Gasteiger partial charge >= 0.3 is 0 Å². The molecule has 5 heteroatoms. The fourth-order valence-electron chi connectivity index (χ4n) is 2.53. The van der Waals surface area contributed by atoms with Gasteiger partial charge in [0.05, 0.1) is 18.1 Å². The van der Waals surface area contributed by atoms with E-state index >= 15 is 0 Å². The normalized spacial score (nSPS) is 13.3. The molecule has 1 rings (SSSR count). The molecule has 1 aromatic heterocycles. The van der Waals surface area contributed by atoms with Crippen molar-refractivity contribution in [3.05, 3.63) is 18.2 Å². The monoisotopic (exact) mass is 281 g/mol. The summed E-state index contributed by atoms with van der Waals surface area (Å²) in [5.74, 6) is 0. The standard InChI is InChI=1S/C15H31N5/c1-5-7-19(10-9-18(3)4)14(11-16)15-12-17-13-20(15)8-6-2/h12-14H,5-11,16H2,1-4H3. The van der Waals surface area contributed by atoms with Gasteiger partial charge in [-0.05, 0) is 33.5 Å². The second-order valence-corrected chi connectivity index (χ2v) is 5.60. The quantitative estimate of drug-likeness (QED) is 0.707. The lowest BCUT2D eigenvalue weighted by molar-refractivity contribution is 0.176. The molecule has 1 heterocycles. The van der Waals surface area contributed by atoms with E-state index in [-0.39, 0.29) is 6.04 Å². The zero-order valence-electron chi connectivity index (χ0n) is 13.5. The second-order valence-electron chi connectivity index (χ2n) is 5.60. The Morgan fingerprint density at radius 2 is 1.95 bits per heavy atom. The van der Waals surface area contributed by atoms with Crippen LogP contribution in [-0.4, -0.2) is 59.6 Å². The fourth-order valence-corrected chi connectivity index (χ4v) is 2.53. The van der Waals surface area contributed by atoms with Crippen molar-refractivity contribution in [2.75, 3.05) is 40.3 Å². The predicted molar refractivity (Wildman–Crippen MR) is 84.7 cm³/mol. The topological polar surface area (TPSA) is 50.3 Å². The fraction of sp³-hybridized carbons (Fsp3) is 0.800. The number of nitrogens with zero attached hydrogens (tertiary/aromatic N) is 4. The van der Waals surface area contributed by atoms with Crippen molar-refractivity contribution in [1.82, 2.24) is 19.4 Å². The lowest BCUT2D eigenvalue weighted by Gasteiger charge is -2.32. The summed E-state index contributed by atoms with van der Waals surface area (Å²) < 4.78 is 2.25. The molecule has 0 bridgehead atoms. The molecule has 0 fully saturated rings. The van der Waals surface area contributed by atoms with Crippen molar-refractivity contribution in [1.29, 1.82) is 0 Å². The maximum atomic E-state index is 6.07. The average Bonchev–Trinajstić information content (AvgIpc) is 2.85. The van der Waals surface area contributed by atoms with Crippen molar-refractivity contribution in [3.8, 4) is 0 Å². The van der Waals surface area contributed by atoms with E-state index in [0.717, 1.165) is 39.0 Å². The van der Waals surface area contributed by atoms with Gasteiger partial charge in [-0.25, -0.2) is 4.98 Å². The second kappa shape index (κ2) is 9.10. The molecule has 0 aromatic carbocycles. The number of hydrogen-bond acceptors (Lipinski definition) is 4. The number of nitrogens with two attached hydrogens (primary N) is 1. The minimum Gasteiger partial charge on any atom is -0.333 e. The molecule has 0 saturated carbocycles. The zero-order chi connectivity index (χ0) is 15.0. The molecule has 0 aliphatic carbocycles. The van der Waals surface area contributed by atoms with E-state index in [2.05, 4.69) is 47.3 Å². The van der Waals surface area contributed by atoms with Crippen LogP contribution in [0.3, 0.4) is 0 Å². The summed E-state index contributed by atoms with van der Waals surface area (Å²) in [6, 6.07) is 0.268. The van der Waals surface area contributed by atoms with Gasteiger partial charge in [0.2, 0.25) is 0 Å². The van der Waals surface area contributed by atoms with E-state index in [4.69, 9.17) is 5.73 Å². The van der Waals surface area contributed by atoms with E-state index in [1.165, 1.54) is 5.69 Å². The van der Waals surface area contributed by atoms with E-state index in [0.29, 0.717) is 6.54 Å². The maximum Gasteiger partial charge on any atom is 0.0948 e. The Bertz CT molecular complexity index is 361. The van der Waals surface area contributed by atoms with Crippen molar-refractivity contribution in [3.63, 3.8) is 0 Å². The van der Waals surface area contributed by atoms with Crippen LogP contribution >= 0.6 is 0 Å². The molecule has 1 atom stereocenters. The minimum absolute atomic E-state index is 0.268. The third kappa shape index (κ3) is 4.89. The molecule has 5 nitrogen and oxygen atoms in total. The molecule has 1 unspecified atom stereocenters. The Balaban J connectivity index is 2.84. The Labute approximate surface area is 123 Å². The highest BCUT2D eigenvalue weighted by atomic mass is 15.2. The molecule has 2 N–H and O–H groups in total. The first-order chi connectivity index (χ1) is 9.63. The maximum absolute atomic E-state index is 6.07. The molecule has 1 aromatic rings. The van der Waals surface area contributed by atoms with Gasteiger partial charge in [-0.15, -0.1) is 0 Å². The van der Waals surface area contributed by atoms with Gasteiger partial charge < -0.3 is 15.2 Å². The average molecular weight is 281 g/mol. The van der Waals surface area contributed by atoms with Crippen molar-refractivity contribution in [2.45, 2.75) is 39.3 Å². The van der Waals surface area contributed by atoms with Gasteiger partial charge in [0.1, 0.15) is 0 Å². The highest BCUT2D eigenvalue weighted by Crippen LogP contribution is 2.20. The Morgan fingerprint density at radius 1 is 1.20 bits per heavy atom. The molecule has 0 amide bonds. The third-order valence-corrected chi connectivity index (χ3v) is 3.56. The zero-order valence-corrected chi connectivity index (χ0v) is 13.5. The van der Waals surface area contributed by atoms with E-state index < -0.39 is 0 Å². The Hall–Kier alpha value is -0.910. The minimum atomic E-state index is 0.268. The molecule has 0 aliphatic rings. The number of aryl methyl sites for hydroxylation is 1. The van der Waals surface area contributed by atoms with Crippen LogP contribution in [0.2, 0.25) is 0 Å². The van der Waals surface area contributed by atoms with Gasteiger partial charge in [-0.3, -0.25) is 4.90 Å². The predicted octanol–water partition coefficient (Wildman–Crippen LogP) is 1.57. The first kappa shape index (κ1) is 17.1.